The van der Waals surface area contributed by atoms with Crippen molar-refractivity contribution >= 4 is 23.7 Å². The van der Waals surface area contributed by atoms with Crippen LogP contribution in [-0.4, -0.2) is 72.8 Å². The molecule has 11 nitrogen and oxygen atoms in total. The Morgan fingerprint density at radius 2 is 1.91 bits per heavy atom. The Hall–Kier alpha value is -4.28. The van der Waals surface area contributed by atoms with Gasteiger partial charge in [-0.05, 0) is 37.6 Å². The summed E-state index contributed by atoms with van der Waals surface area (Å²) in [5, 5.41) is 30.7. The van der Waals surface area contributed by atoms with Crippen molar-refractivity contribution in [1.82, 2.24) is 21.3 Å². The molecular weight excluding hydrogens is 454 g/mol. The normalized spacial score (nSPS) is 13.6. The van der Waals surface area contributed by atoms with E-state index in [-0.39, 0.29) is 17.9 Å². The first-order valence-electron chi connectivity index (χ1n) is 11.2. The van der Waals surface area contributed by atoms with Gasteiger partial charge in [-0.15, -0.1) is 0 Å². The van der Waals surface area contributed by atoms with Crippen LogP contribution in [0.25, 0.3) is 0 Å². The summed E-state index contributed by atoms with van der Waals surface area (Å²) in [6.07, 6.45) is 1.000. The number of carboxylic acid groups (broad SMARTS) is 1. The minimum atomic E-state index is -1.35. The van der Waals surface area contributed by atoms with E-state index in [0.29, 0.717) is 24.5 Å². The van der Waals surface area contributed by atoms with Gasteiger partial charge in [0.2, 0.25) is 0 Å². The molecule has 0 unspecified atom stereocenters. The zero-order valence-corrected chi connectivity index (χ0v) is 19.3. The van der Waals surface area contributed by atoms with Crippen LogP contribution in [0.2, 0.25) is 0 Å². The van der Waals surface area contributed by atoms with E-state index in [0.717, 1.165) is 31.0 Å². The molecule has 1 atom stereocenters. The molecule has 11 heteroatoms. The highest BCUT2D eigenvalue weighted by Crippen LogP contribution is 2.23. The number of carbonyl (C=O) groups is 3. The molecule has 1 aliphatic heterocycles. The van der Waals surface area contributed by atoms with Crippen molar-refractivity contribution in [2.75, 3.05) is 32.8 Å². The van der Waals surface area contributed by atoms with Crippen LogP contribution >= 0.6 is 0 Å². The number of nitrogens with one attached hydrogen (secondary N) is 4. The Balaban J connectivity index is 1.49. The molecule has 0 fully saturated rings. The van der Waals surface area contributed by atoms with Crippen LogP contribution in [0.3, 0.4) is 0 Å². The lowest BCUT2D eigenvalue weighted by Crippen LogP contribution is -2.48. The molecule has 0 saturated heterocycles. The quantitative estimate of drug-likeness (QED) is 0.268. The zero-order chi connectivity index (χ0) is 25.2. The topological polar surface area (TPSA) is 161 Å². The van der Waals surface area contributed by atoms with E-state index in [1.807, 2.05) is 6.92 Å². The highest BCUT2D eigenvalue weighted by atomic mass is 16.5. The Bertz CT molecular complexity index is 1090. The predicted octanol–water partition coefficient (Wildman–Crippen LogP) is 0.631. The van der Waals surface area contributed by atoms with Crippen molar-refractivity contribution in [2.24, 2.45) is 4.99 Å². The maximum atomic E-state index is 12.5. The number of nitrogens with zero attached hydrogens (tertiary/aromatic N) is 1. The number of aromatic hydroxyl groups is 1. The lowest BCUT2D eigenvalue weighted by Gasteiger charge is -2.17. The molecule has 0 spiro atoms. The van der Waals surface area contributed by atoms with Gasteiger partial charge in [-0.25, -0.2) is 4.79 Å². The summed E-state index contributed by atoms with van der Waals surface area (Å²) in [4.78, 5) is 40.7. The first-order chi connectivity index (χ1) is 16.8. The third kappa shape index (κ3) is 7.63. The third-order valence-electron chi connectivity index (χ3n) is 5.16. The highest BCUT2D eigenvalue weighted by Gasteiger charge is 2.22. The standard InChI is InChI=1S/C24H29N5O6/c1-15-3-5-16(6-4-15)21(31)29-19(23(33)34)14-28-22(32)18-8-7-17(13-20(18)30)35-12-11-27-24-25-9-2-10-26-24/h3-8,13,19,30H,2,9-12,14H2,1H3,(H,28,32)(H,29,31)(H,33,34)(H2,25,26,27)/t19-/m0/s1. The number of guanidine groups is 1. The second kappa shape index (κ2) is 12.3. The maximum Gasteiger partial charge on any atom is 0.328 e. The van der Waals surface area contributed by atoms with E-state index >= 15 is 0 Å². The molecule has 186 valence electrons. The van der Waals surface area contributed by atoms with E-state index in [9.17, 15) is 24.6 Å². The van der Waals surface area contributed by atoms with Crippen molar-refractivity contribution in [2.45, 2.75) is 19.4 Å². The van der Waals surface area contributed by atoms with E-state index in [1.165, 1.54) is 18.2 Å². The number of hydrogen-bond donors (Lipinski definition) is 6. The molecule has 3 rings (SSSR count). The number of benzene rings is 2. The second-order valence-electron chi connectivity index (χ2n) is 7.91. The summed E-state index contributed by atoms with van der Waals surface area (Å²) < 4.78 is 5.57. The summed E-state index contributed by atoms with van der Waals surface area (Å²) in [7, 11) is 0. The van der Waals surface area contributed by atoms with E-state index in [2.05, 4.69) is 26.3 Å². The number of aliphatic carboxylic acids is 1. The number of hydrogen-bond acceptors (Lipinski definition) is 8. The average molecular weight is 484 g/mol. The second-order valence-corrected chi connectivity index (χ2v) is 7.91. The lowest BCUT2D eigenvalue weighted by molar-refractivity contribution is -0.139. The monoisotopic (exact) mass is 483 g/mol. The molecule has 6 N–H and O–H groups in total. The number of ether oxygens (including phenoxy) is 1. The smallest absolute Gasteiger partial charge is 0.328 e. The number of phenols is 1. The average Bonchev–Trinajstić information content (AvgIpc) is 2.85. The fourth-order valence-corrected chi connectivity index (χ4v) is 3.22. The summed E-state index contributed by atoms with van der Waals surface area (Å²) in [6.45, 7) is 3.96. The number of carbonyl (C=O) groups excluding carboxylic acids is 2. The molecule has 0 radical (unpaired) electrons. The molecule has 2 amide bonds. The van der Waals surface area contributed by atoms with Crippen molar-refractivity contribution in [3.8, 4) is 11.5 Å². The largest absolute Gasteiger partial charge is 0.507 e. The van der Waals surface area contributed by atoms with Crippen LogP contribution in [-0.2, 0) is 4.79 Å². The van der Waals surface area contributed by atoms with Gasteiger partial charge in [-0.2, -0.15) is 0 Å². The van der Waals surface area contributed by atoms with Crippen molar-refractivity contribution in [3.05, 3.63) is 59.2 Å². The van der Waals surface area contributed by atoms with Crippen molar-refractivity contribution in [3.63, 3.8) is 0 Å². The molecule has 0 aliphatic carbocycles. The molecule has 2 aromatic rings. The number of rotatable bonds is 10. The first kappa shape index (κ1) is 25.3. The number of aryl methyl sites for hydroxylation is 1. The van der Waals surface area contributed by atoms with Crippen LogP contribution in [0.4, 0.5) is 0 Å². The third-order valence-corrected chi connectivity index (χ3v) is 5.16. The van der Waals surface area contributed by atoms with Gasteiger partial charge in [0.1, 0.15) is 24.1 Å². The predicted molar refractivity (Wildman–Crippen MR) is 129 cm³/mol. The summed E-state index contributed by atoms with van der Waals surface area (Å²) in [5.74, 6) is -1.79. The molecule has 0 aromatic heterocycles. The van der Waals surface area contributed by atoms with Gasteiger partial charge in [0, 0.05) is 31.3 Å². The number of amides is 2. The Morgan fingerprint density at radius 3 is 2.57 bits per heavy atom. The van der Waals surface area contributed by atoms with Crippen molar-refractivity contribution < 1.29 is 29.3 Å². The van der Waals surface area contributed by atoms with Crippen LogP contribution in [0, 0.1) is 6.92 Å². The molecule has 35 heavy (non-hydrogen) atoms. The SMILES string of the molecule is Cc1ccc(C(=O)N[C@@H](CNC(=O)c2ccc(OCCNC3=NCCCN3)cc2O)C(=O)O)cc1. The van der Waals surface area contributed by atoms with Crippen LogP contribution in [0.5, 0.6) is 11.5 Å². The molecule has 1 heterocycles. The van der Waals surface area contributed by atoms with Gasteiger partial charge >= 0.3 is 5.97 Å². The number of carboxylic acids is 1. The molecule has 0 bridgehead atoms. The minimum Gasteiger partial charge on any atom is -0.507 e. The van der Waals surface area contributed by atoms with Gasteiger partial charge in [0.15, 0.2) is 5.96 Å². The fourth-order valence-electron chi connectivity index (χ4n) is 3.22. The first-order valence-corrected chi connectivity index (χ1v) is 11.2. The molecule has 2 aromatic carbocycles. The van der Waals surface area contributed by atoms with Gasteiger partial charge in [-0.1, -0.05) is 17.7 Å². The number of phenolic OH excluding ortho intramolecular Hbond substituents is 1. The zero-order valence-electron chi connectivity index (χ0n) is 19.3. The Kier molecular flexibility index (Phi) is 8.88. The fraction of sp³-hybridized carbons (Fsp3) is 0.333. The van der Waals surface area contributed by atoms with Crippen LogP contribution in [0.1, 0.15) is 32.7 Å². The maximum absolute atomic E-state index is 12.5. The van der Waals surface area contributed by atoms with Crippen molar-refractivity contribution in [1.29, 1.82) is 0 Å². The van der Waals surface area contributed by atoms with E-state index < -0.39 is 23.8 Å². The number of aliphatic imine (C=N–C) groups is 1. The van der Waals surface area contributed by atoms with E-state index in [1.54, 1.807) is 24.3 Å². The molecule has 0 saturated carbocycles. The van der Waals surface area contributed by atoms with Gasteiger partial charge < -0.3 is 36.2 Å². The highest BCUT2D eigenvalue weighted by molar-refractivity contribution is 5.98. The van der Waals surface area contributed by atoms with E-state index in [4.69, 9.17) is 4.74 Å². The summed E-state index contributed by atoms with van der Waals surface area (Å²) in [6, 6.07) is 9.50. The Morgan fingerprint density at radius 1 is 1.14 bits per heavy atom. The molecule has 1 aliphatic rings. The van der Waals surface area contributed by atoms with Crippen LogP contribution < -0.4 is 26.0 Å². The van der Waals surface area contributed by atoms with Gasteiger partial charge in [-0.3, -0.25) is 14.6 Å². The summed E-state index contributed by atoms with van der Waals surface area (Å²) >= 11 is 0. The minimum absolute atomic E-state index is 0.0507. The van der Waals surface area contributed by atoms with Crippen LogP contribution in [0.15, 0.2) is 47.5 Å². The molecular formula is C24H29N5O6. The summed E-state index contributed by atoms with van der Waals surface area (Å²) in [5.41, 5.74) is 1.22. The lowest BCUT2D eigenvalue weighted by atomic mass is 10.1. The van der Waals surface area contributed by atoms with Gasteiger partial charge in [0.25, 0.3) is 11.8 Å². The Labute approximate surface area is 202 Å². The van der Waals surface area contributed by atoms with Gasteiger partial charge in [0.05, 0.1) is 12.1 Å².